The summed E-state index contributed by atoms with van der Waals surface area (Å²) in [6.07, 6.45) is 4.85. The van der Waals surface area contributed by atoms with Crippen molar-refractivity contribution in [1.82, 2.24) is 15.3 Å². The number of hydrogen-bond acceptors (Lipinski definition) is 8. The summed E-state index contributed by atoms with van der Waals surface area (Å²) in [5, 5.41) is 9.64. The fourth-order valence-electron chi connectivity index (χ4n) is 5.21. The van der Waals surface area contributed by atoms with E-state index in [9.17, 15) is 9.59 Å². The molecule has 0 spiro atoms. The Kier molecular flexibility index (Phi) is 12.6. The van der Waals surface area contributed by atoms with Gasteiger partial charge < -0.3 is 29.9 Å². The highest BCUT2D eigenvalue weighted by Crippen LogP contribution is 2.37. The molecule has 4 aromatic rings. The third-order valence-electron chi connectivity index (χ3n) is 9.56. The van der Waals surface area contributed by atoms with Gasteiger partial charge in [0.05, 0.1) is 14.2 Å². The van der Waals surface area contributed by atoms with E-state index >= 15 is 0 Å². The van der Waals surface area contributed by atoms with Crippen LogP contribution in [0.15, 0.2) is 67.5 Å². The lowest BCUT2D eigenvalue weighted by molar-refractivity contribution is 0.101. The number of nitrogens with one attached hydrogen (secondary N) is 3. The Morgan fingerprint density at radius 2 is 1.37 bits per heavy atom. The summed E-state index contributed by atoms with van der Waals surface area (Å²) in [5.41, 5.74) is 6.84. The monoisotopic (exact) mass is 709 g/mol. The molecule has 0 fully saturated rings. The molecule has 0 radical (unpaired) electrons. The fraction of sp³-hybridized carbons (Fsp3) is 0.350. The van der Waals surface area contributed by atoms with Crippen LogP contribution >= 0.6 is 0 Å². The third-order valence-corrected chi connectivity index (χ3v) is 14.1. The Labute approximate surface area is 303 Å². The number of carbonyl (C=O) groups excluding carboxylic acids is 2. The topological polar surface area (TPSA) is 124 Å². The Bertz CT molecular complexity index is 1900. The van der Waals surface area contributed by atoms with Gasteiger partial charge in [0.25, 0.3) is 11.8 Å². The molecule has 2 aromatic heterocycles. The second-order valence-electron chi connectivity index (χ2n) is 14.1. The Morgan fingerprint density at radius 1 is 0.863 bits per heavy atom. The highest BCUT2D eigenvalue weighted by molar-refractivity contribution is 6.74. The van der Waals surface area contributed by atoms with Gasteiger partial charge in [0.1, 0.15) is 22.9 Å². The Balaban J connectivity index is 1.47. The van der Waals surface area contributed by atoms with Gasteiger partial charge in [0.2, 0.25) is 0 Å². The molecule has 1 atom stereocenters. The van der Waals surface area contributed by atoms with Crippen molar-refractivity contribution in [2.75, 3.05) is 31.5 Å². The van der Waals surface area contributed by atoms with E-state index in [2.05, 4.69) is 73.3 Å². The molecule has 0 saturated carbocycles. The smallest absolute Gasteiger partial charge is 0.274 e. The van der Waals surface area contributed by atoms with Crippen molar-refractivity contribution in [1.29, 1.82) is 0 Å². The lowest BCUT2D eigenvalue weighted by atomic mass is 9.94. The molecule has 0 aliphatic rings. The first-order valence-corrected chi connectivity index (χ1v) is 19.9. The van der Waals surface area contributed by atoms with Crippen molar-refractivity contribution >= 4 is 37.6 Å². The molecule has 11 heteroatoms. The average molecular weight is 710 g/mol. The summed E-state index contributed by atoms with van der Waals surface area (Å²) in [5.74, 6) is 0.370. The Hall–Kier alpha value is -4.84. The maximum absolute atomic E-state index is 13.5. The van der Waals surface area contributed by atoms with E-state index in [1.807, 2.05) is 50.2 Å². The van der Waals surface area contributed by atoms with Crippen LogP contribution in [0.4, 0.5) is 11.4 Å². The second kappa shape index (κ2) is 16.5. The highest BCUT2D eigenvalue weighted by Gasteiger charge is 2.37. The van der Waals surface area contributed by atoms with Crippen LogP contribution in [0.2, 0.25) is 18.1 Å². The molecule has 51 heavy (non-hydrogen) atoms. The van der Waals surface area contributed by atoms with Crippen molar-refractivity contribution in [3.63, 3.8) is 0 Å². The quantitative estimate of drug-likeness (QED) is 0.112. The largest absolute Gasteiger partial charge is 0.496 e. The van der Waals surface area contributed by atoms with Crippen LogP contribution in [0.1, 0.15) is 70.9 Å². The van der Waals surface area contributed by atoms with Crippen molar-refractivity contribution in [2.24, 2.45) is 0 Å². The molecule has 2 aromatic carbocycles. The highest BCUT2D eigenvalue weighted by atomic mass is 28.4. The number of amides is 2. The summed E-state index contributed by atoms with van der Waals surface area (Å²) >= 11 is 0. The van der Waals surface area contributed by atoms with Gasteiger partial charge in [-0.25, -0.2) is 0 Å². The maximum Gasteiger partial charge on any atom is 0.274 e. The van der Waals surface area contributed by atoms with Gasteiger partial charge in [0.15, 0.2) is 8.32 Å². The van der Waals surface area contributed by atoms with Crippen molar-refractivity contribution < 1.29 is 23.5 Å². The zero-order valence-corrected chi connectivity index (χ0v) is 32.5. The minimum Gasteiger partial charge on any atom is -0.496 e. The van der Waals surface area contributed by atoms with E-state index in [0.29, 0.717) is 41.6 Å². The standard InChI is InChI=1S/C40H51N5O5Si/c1-12-28-21-42-34(19-36(28)48-8)38(46)44-32-17-13-15-30(26(32)3)31-16-14-18-33(27(31)4)45-39(47)35-20-37(49-9)29(23-43-35)22-41-25(2)24-50-51(10,11)40(5,6)7/h12-21,23,25,41H,1,22,24H2,2-11H3,(H,44,46)(H,45,47)/t25-/m0/s1. The lowest BCUT2D eigenvalue weighted by Gasteiger charge is -2.37. The van der Waals surface area contributed by atoms with E-state index in [1.54, 1.807) is 37.7 Å². The number of pyridine rings is 2. The van der Waals surface area contributed by atoms with Gasteiger partial charge in [0, 0.05) is 66.2 Å². The van der Waals surface area contributed by atoms with E-state index < -0.39 is 8.32 Å². The first kappa shape index (κ1) is 39.0. The van der Waals surface area contributed by atoms with E-state index in [4.69, 9.17) is 13.9 Å². The molecule has 0 unspecified atom stereocenters. The molecule has 0 saturated heterocycles. The molecule has 10 nitrogen and oxygen atoms in total. The number of carbonyl (C=O) groups is 2. The molecule has 0 aliphatic carbocycles. The first-order chi connectivity index (χ1) is 24.1. The second-order valence-corrected chi connectivity index (χ2v) is 18.9. The number of benzene rings is 2. The van der Waals surface area contributed by atoms with Crippen LogP contribution in [-0.2, 0) is 11.0 Å². The van der Waals surface area contributed by atoms with Crippen molar-refractivity contribution in [3.05, 3.63) is 101 Å². The summed E-state index contributed by atoms with van der Waals surface area (Å²) in [6, 6.07) is 14.8. The van der Waals surface area contributed by atoms with Crippen LogP contribution in [0.3, 0.4) is 0 Å². The van der Waals surface area contributed by atoms with Gasteiger partial charge in [-0.05, 0) is 73.3 Å². The third kappa shape index (κ3) is 9.29. The zero-order chi connectivity index (χ0) is 37.5. The number of rotatable bonds is 14. The van der Waals surface area contributed by atoms with Gasteiger partial charge in [-0.3, -0.25) is 19.6 Å². The lowest BCUT2D eigenvalue weighted by Crippen LogP contribution is -2.44. The van der Waals surface area contributed by atoms with E-state index in [-0.39, 0.29) is 34.3 Å². The maximum atomic E-state index is 13.5. The molecule has 0 aliphatic heterocycles. The fourth-order valence-corrected chi connectivity index (χ4v) is 6.30. The van der Waals surface area contributed by atoms with Gasteiger partial charge in [-0.1, -0.05) is 57.7 Å². The predicted octanol–water partition coefficient (Wildman–Crippen LogP) is 8.43. The van der Waals surface area contributed by atoms with Gasteiger partial charge >= 0.3 is 0 Å². The molecule has 0 bridgehead atoms. The van der Waals surface area contributed by atoms with Gasteiger partial charge in [-0.2, -0.15) is 0 Å². The number of ether oxygens (including phenoxy) is 2. The summed E-state index contributed by atoms with van der Waals surface area (Å²) < 4.78 is 17.4. The molecular formula is C40H51N5O5Si. The van der Waals surface area contributed by atoms with Crippen LogP contribution in [-0.4, -0.2) is 57.0 Å². The van der Waals surface area contributed by atoms with Crippen LogP contribution < -0.4 is 25.4 Å². The van der Waals surface area contributed by atoms with Crippen LogP contribution in [0.25, 0.3) is 17.2 Å². The Morgan fingerprint density at radius 3 is 1.86 bits per heavy atom. The molecule has 270 valence electrons. The van der Waals surface area contributed by atoms with Crippen LogP contribution in [0.5, 0.6) is 11.5 Å². The number of nitrogens with zero attached hydrogens (tertiary/aromatic N) is 2. The van der Waals surface area contributed by atoms with Crippen molar-refractivity contribution in [2.45, 2.75) is 72.3 Å². The SMILES string of the molecule is C=Cc1cnc(C(=O)Nc2cccc(-c3cccc(NC(=O)c4cc(OC)c(CN[C@@H](C)CO[Si](C)(C)C(C)(C)C)cn4)c3C)c2C)cc1OC. The summed E-state index contributed by atoms with van der Waals surface area (Å²) in [4.78, 5) is 35.4. The molecule has 4 rings (SSSR count). The minimum atomic E-state index is -1.85. The number of methoxy groups -OCH3 is 2. The molecular weight excluding hydrogens is 659 g/mol. The number of aromatic nitrogens is 2. The normalized spacial score (nSPS) is 12.2. The first-order valence-electron chi connectivity index (χ1n) is 17.0. The van der Waals surface area contributed by atoms with Gasteiger partial charge in [-0.15, -0.1) is 0 Å². The summed E-state index contributed by atoms with van der Waals surface area (Å²) in [7, 11) is 1.28. The van der Waals surface area contributed by atoms with E-state index in [1.165, 1.54) is 7.11 Å². The number of anilines is 2. The molecule has 3 N–H and O–H groups in total. The van der Waals surface area contributed by atoms with Crippen molar-refractivity contribution in [3.8, 4) is 22.6 Å². The minimum absolute atomic E-state index is 0.124. The molecule has 2 amide bonds. The van der Waals surface area contributed by atoms with E-state index in [0.717, 1.165) is 27.8 Å². The van der Waals surface area contributed by atoms with Crippen LogP contribution in [0, 0.1) is 13.8 Å². The summed E-state index contributed by atoms with van der Waals surface area (Å²) in [6.45, 7) is 22.1. The zero-order valence-electron chi connectivity index (χ0n) is 31.5. The molecule has 2 heterocycles. The number of hydrogen-bond donors (Lipinski definition) is 3. The predicted molar refractivity (Wildman–Crippen MR) is 208 cm³/mol. The average Bonchev–Trinajstić information content (AvgIpc) is 3.10.